The average Bonchev–Trinajstić information content (AvgIpc) is 2.15. The smallest absolute Gasteiger partial charge is 0.342 e. The van der Waals surface area contributed by atoms with Gasteiger partial charge in [-0.3, -0.25) is 0 Å². The minimum atomic E-state index is -0.544. The Morgan fingerprint density at radius 3 is 2.71 bits per heavy atom. The van der Waals surface area contributed by atoms with Gasteiger partial charge < -0.3 is 9.84 Å². The molecule has 3 radical (unpaired) electrons. The Hall–Kier alpha value is -1.24. The van der Waals surface area contributed by atoms with E-state index in [9.17, 15) is 9.90 Å². The first-order valence-corrected chi connectivity index (χ1v) is 3.81. The topological polar surface area (TPSA) is 46.5 Å². The zero-order valence-electron chi connectivity index (χ0n) is 7.64. The Morgan fingerprint density at radius 2 is 2.14 bits per heavy atom. The van der Waals surface area contributed by atoms with Crippen LogP contribution in [0.25, 0.3) is 0 Å². The Kier molecular flexibility index (Phi) is 5.70. The van der Waals surface area contributed by atoms with Gasteiger partial charge in [-0.15, -0.1) is 0 Å². The van der Waals surface area contributed by atoms with Crippen molar-refractivity contribution in [1.29, 1.82) is 0 Å². The highest BCUT2D eigenvalue weighted by atomic mass is 27.0. The van der Waals surface area contributed by atoms with Gasteiger partial charge in [0.1, 0.15) is 17.9 Å². The van der Waals surface area contributed by atoms with Crippen LogP contribution in [0.15, 0.2) is 36.9 Å². The van der Waals surface area contributed by atoms with E-state index in [1.54, 1.807) is 12.1 Å². The molecule has 1 N–H and O–H groups in total. The van der Waals surface area contributed by atoms with Crippen molar-refractivity contribution in [3.05, 3.63) is 42.5 Å². The van der Waals surface area contributed by atoms with Crippen LogP contribution in [0, 0.1) is 0 Å². The van der Waals surface area contributed by atoms with E-state index in [0.717, 1.165) is 0 Å². The Bertz CT molecular complexity index is 323. The number of phenols is 1. The Morgan fingerprint density at radius 1 is 1.50 bits per heavy atom. The molecule has 0 saturated heterocycles. The first-order valence-electron chi connectivity index (χ1n) is 3.81. The lowest BCUT2D eigenvalue weighted by atomic mass is 10.2. The maximum Gasteiger partial charge on any atom is 0.342 e. The van der Waals surface area contributed by atoms with Crippen molar-refractivity contribution in [2.75, 3.05) is 6.61 Å². The largest absolute Gasteiger partial charge is 0.507 e. The van der Waals surface area contributed by atoms with Crippen LogP contribution in [0.3, 0.4) is 0 Å². The number of rotatable bonds is 3. The molecule has 0 fully saturated rings. The number of carbonyl (C=O) groups excluding carboxylic acids is 1. The number of phenolic OH excluding ortho intramolecular Hbond substituents is 1. The molecule has 0 spiro atoms. The lowest BCUT2D eigenvalue weighted by molar-refractivity contribution is 0.0546. The van der Waals surface area contributed by atoms with Crippen molar-refractivity contribution in [1.82, 2.24) is 0 Å². The van der Waals surface area contributed by atoms with Gasteiger partial charge in [-0.2, -0.15) is 0 Å². The van der Waals surface area contributed by atoms with Gasteiger partial charge in [-0.1, -0.05) is 24.8 Å². The standard InChI is InChI=1S/C10H10O3.Al/c1-2-7-13-10(12)8-5-3-4-6-9(8)11;/h2-6,11H,1,7H2;. The van der Waals surface area contributed by atoms with Crippen molar-refractivity contribution >= 4 is 23.3 Å². The molecule has 0 aliphatic heterocycles. The summed E-state index contributed by atoms with van der Waals surface area (Å²) in [6.07, 6.45) is 1.47. The van der Waals surface area contributed by atoms with E-state index in [1.807, 2.05) is 0 Å². The van der Waals surface area contributed by atoms with Gasteiger partial charge in [0, 0.05) is 17.4 Å². The molecule has 0 heterocycles. The number of para-hydroxylation sites is 1. The fourth-order valence-corrected chi connectivity index (χ4v) is 0.859. The van der Waals surface area contributed by atoms with Crippen LogP contribution < -0.4 is 0 Å². The second-order valence-corrected chi connectivity index (χ2v) is 2.40. The monoisotopic (exact) mass is 205 g/mol. The van der Waals surface area contributed by atoms with E-state index in [1.165, 1.54) is 18.2 Å². The summed E-state index contributed by atoms with van der Waals surface area (Å²) in [7, 11) is 0. The maximum absolute atomic E-state index is 11.2. The fraction of sp³-hybridized carbons (Fsp3) is 0.100. The second-order valence-electron chi connectivity index (χ2n) is 2.40. The maximum atomic E-state index is 11.2. The van der Waals surface area contributed by atoms with Crippen molar-refractivity contribution in [2.24, 2.45) is 0 Å². The van der Waals surface area contributed by atoms with E-state index in [2.05, 4.69) is 6.58 Å². The summed E-state index contributed by atoms with van der Waals surface area (Å²) >= 11 is 0. The molecule has 0 unspecified atom stereocenters. The number of esters is 1. The zero-order valence-corrected chi connectivity index (χ0v) is 8.80. The van der Waals surface area contributed by atoms with Crippen molar-refractivity contribution in [2.45, 2.75) is 0 Å². The third-order valence-electron chi connectivity index (χ3n) is 1.46. The predicted octanol–water partition coefficient (Wildman–Crippen LogP) is 1.35. The van der Waals surface area contributed by atoms with Crippen LogP contribution >= 0.6 is 0 Å². The van der Waals surface area contributed by atoms with Gasteiger partial charge in [-0.05, 0) is 12.1 Å². The SMILES string of the molecule is C=CCOC(=O)c1ccccc1O.[Al]. The lowest BCUT2D eigenvalue weighted by Crippen LogP contribution is -2.04. The van der Waals surface area contributed by atoms with Crippen molar-refractivity contribution in [3.8, 4) is 5.75 Å². The van der Waals surface area contributed by atoms with E-state index in [0.29, 0.717) is 0 Å². The number of benzene rings is 1. The molecule has 0 amide bonds. The number of aromatic hydroxyl groups is 1. The summed E-state index contributed by atoms with van der Waals surface area (Å²) in [5.41, 5.74) is 0.171. The molecule has 0 aliphatic carbocycles. The van der Waals surface area contributed by atoms with Crippen molar-refractivity contribution < 1.29 is 14.6 Å². The van der Waals surface area contributed by atoms with Crippen LogP contribution in [0.5, 0.6) is 5.75 Å². The molecular weight excluding hydrogens is 195 g/mol. The quantitative estimate of drug-likeness (QED) is 0.460. The summed E-state index contributed by atoms with van der Waals surface area (Å²) in [6, 6.07) is 6.23. The highest BCUT2D eigenvalue weighted by Crippen LogP contribution is 2.16. The molecule has 0 atom stereocenters. The lowest BCUT2D eigenvalue weighted by Gasteiger charge is -2.02. The molecule has 0 bridgehead atoms. The van der Waals surface area contributed by atoms with E-state index in [-0.39, 0.29) is 35.3 Å². The zero-order chi connectivity index (χ0) is 9.68. The van der Waals surface area contributed by atoms with Crippen LogP contribution in [-0.2, 0) is 4.74 Å². The summed E-state index contributed by atoms with van der Waals surface area (Å²) in [5.74, 6) is -0.616. The van der Waals surface area contributed by atoms with Crippen LogP contribution in [0.2, 0.25) is 0 Å². The molecule has 1 rings (SSSR count). The molecule has 1 aromatic carbocycles. The summed E-state index contributed by atoms with van der Waals surface area (Å²) in [4.78, 5) is 11.2. The molecule has 1 aromatic rings. The van der Waals surface area contributed by atoms with E-state index >= 15 is 0 Å². The number of hydrogen-bond acceptors (Lipinski definition) is 3. The van der Waals surface area contributed by atoms with Gasteiger partial charge in [0.25, 0.3) is 0 Å². The van der Waals surface area contributed by atoms with Crippen LogP contribution in [0.4, 0.5) is 0 Å². The molecule has 0 saturated carbocycles. The van der Waals surface area contributed by atoms with E-state index in [4.69, 9.17) is 4.74 Å². The third kappa shape index (κ3) is 3.25. The van der Waals surface area contributed by atoms with E-state index < -0.39 is 5.97 Å². The van der Waals surface area contributed by atoms with Gasteiger partial charge >= 0.3 is 5.97 Å². The first kappa shape index (κ1) is 12.8. The van der Waals surface area contributed by atoms with Gasteiger partial charge in [-0.25, -0.2) is 4.79 Å². The predicted molar refractivity (Wildman–Crippen MR) is 54.3 cm³/mol. The highest BCUT2D eigenvalue weighted by molar-refractivity contribution is 5.92. The second kappa shape index (κ2) is 6.25. The van der Waals surface area contributed by atoms with Gasteiger partial charge in [0.05, 0.1) is 0 Å². The third-order valence-corrected chi connectivity index (χ3v) is 1.46. The molecule has 0 aliphatic rings. The number of carbonyl (C=O) groups is 1. The summed E-state index contributed by atoms with van der Waals surface area (Å²) < 4.78 is 4.74. The molecule has 0 aromatic heterocycles. The average molecular weight is 205 g/mol. The number of ether oxygens (including phenoxy) is 1. The van der Waals surface area contributed by atoms with Gasteiger partial charge in [0.2, 0.25) is 0 Å². The molecule has 4 heteroatoms. The number of hydrogen-bond donors (Lipinski definition) is 1. The summed E-state index contributed by atoms with van der Waals surface area (Å²) in [6.45, 7) is 3.56. The summed E-state index contributed by atoms with van der Waals surface area (Å²) in [5, 5.41) is 9.25. The van der Waals surface area contributed by atoms with Gasteiger partial charge in [0.15, 0.2) is 0 Å². The first-order chi connectivity index (χ1) is 6.25. The molecule has 14 heavy (non-hydrogen) atoms. The fourth-order valence-electron chi connectivity index (χ4n) is 0.859. The molecular formula is C10H10AlO3. The Balaban J connectivity index is 0.00000169. The minimum Gasteiger partial charge on any atom is -0.507 e. The van der Waals surface area contributed by atoms with Crippen LogP contribution in [0.1, 0.15) is 10.4 Å². The molecule has 3 nitrogen and oxygen atoms in total. The normalized spacial score (nSPS) is 8.57. The highest BCUT2D eigenvalue weighted by Gasteiger charge is 2.09. The minimum absolute atomic E-state index is 0. The Labute approximate surface area is 93.1 Å². The van der Waals surface area contributed by atoms with Crippen LogP contribution in [-0.4, -0.2) is 35.0 Å². The molecule has 71 valence electrons. The van der Waals surface area contributed by atoms with Crippen molar-refractivity contribution in [3.63, 3.8) is 0 Å².